The highest BCUT2D eigenvalue weighted by molar-refractivity contribution is 6.04. The predicted octanol–water partition coefficient (Wildman–Crippen LogP) is 3.25. The van der Waals surface area contributed by atoms with E-state index < -0.39 is 11.2 Å². The average Bonchev–Trinajstić information content (AvgIpc) is 3.29. The number of nitrogens with zero attached hydrogens (tertiary/aromatic N) is 6. The molecule has 1 aliphatic rings. The summed E-state index contributed by atoms with van der Waals surface area (Å²) in [5.74, 6) is -0.832. The number of aromatic nitrogens is 6. The zero-order valence-corrected chi connectivity index (χ0v) is 18.5. The topological polar surface area (TPSA) is 108 Å². The van der Waals surface area contributed by atoms with Crippen LogP contribution in [0.1, 0.15) is 31.5 Å². The van der Waals surface area contributed by atoms with Crippen molar-refractivity contribution in [2.75, 3.05) is 18.5 Å². The van der Waals surface area contributed by atoms with E-state index in [2.05, 4.69) is 30.6 Å². The van der Waals surface area contributed by atoms with Gasteiger partial charge in [0, 0.05) is 18.8 Å². The highest BCUT2D eigenvalue weighted by Gasteiger charge is 2.45. The normalized spacial score (nSPS) is 17.2. The van der Waals surface area contributed by atoms with Gasteiger partial charge in [0.05, 0.1) is 23.5 Å². The highest BCUT2D eigenvalue weighted by atomic mass is 19.1. The van der Waals surface area contributed by atoms with Crippen molar-refractivity contribution in [2.45, 2.75) is 32.2 Å². The number of rotatable bonds is 7. The van der Waals surface area contributed by atoms with Crippen molar-refractivity contribution in [1.29, 1.82) is 0 Å². The van der Waals surface area contributed by atoms with E-state index >= 15 is 0 Å². The van der Waals surface area contributed by atoms with Crippen molar-refractivity contribution in [1.82, 2.24) is 29.9 Å². The van der Waals surface area contributed by atoms with Crippen LogP contribution in [-0.4, -0.2) is 49.1 Å². The van der Waals surface area contributed by atoms with E-state index in [1.54, 1.807) is 25.1 Å². The van der Waals surface area contributed by atoms with Crippen molar-refractivity contribution in [3.8, 4) is 11.5 Å². The van der Waals surface area contributed by atoms with Gasteiger partial charge < -0.3 is 10.1 Å². The molecule has 4 aromatic rings. The first-order valence-electron chi connectivity index (χ1n) is 10.8. The number of benzene rings is 1. The Labute approximate surface area is 193 Å². The second-order valence-electron chi connectivity index (χ2n) is 8.19. The van der Waals surface area contributed by atoms with Gasteiger partial charge in [0.15, 0.2) is 11.5 Å². The van der Waals surface area contributed by atoms with Gasteiger partial charge in [0.1, 0.15) is 23.0 Å². The van der Waals surface area contributed by atoms with Crippen molar-refractivity contribution in [3.05, 3.63) is 59.4 Å². The van der Waals surface area contributed by atoms with Crippen molar-refractivity contribution >= 4 is 22.8 Å². The Morgan fingerprint density at radius 3 is 2.82 bits per heavy atom. The molecule has 4 heterocycles. The highest BCUT2D eigenvalue weighted by Crippen LogP contribution is 2.38. The molecule has 1 unspecified atom stereocenters. The molecule has 0 fully saturated rings. The second kappa shape index (κ2) is 8.49. The lowest BCUT2D eigenvalue weighted by Gasteiger charge is -2.19. The summed E-state index contributed by atoms with van der Waals surface area (Å²) in [6, 6.07) is 7.58. The maximum absolute atomic E-state index is 14.2. The molecule has 1 atom stereocenters. The molecule has 9 nitrogen and oxygen atoms in total. The Hall–Kier alpha value is -3.86. The summed E-state index contributed by atoms with van der Waals surface area (Å²) in [5.41, 5.74) is 0.457. The van der Waals surface area contributed by atoms with Crippen LogP contribution in [-0.2, 0) is 21.5 Å². The van der Waals surface area contributed by atoms with Crippen LogP contribution < -0.4 is 5.32 Å². The smallest absolute Gasteiger partial charge is 0.237 e. The summed E-state index contributed by atoms with van der Waals surface area (Å²) in [5, 5.41) is 16.1. The Bertz CT molecular complexity index is 1410. The van der Waals surface area contributed by atoms with E-state index in [0.717, 1.165) is 6.20 Å². The van der Waals surface area contributed by atoms with Gasteiger partial charge >= 0.3 is 0 Å². The standard InChI is InChI=1S/C23H21F2N7O2/c1-3-34-9-8-23(2)18-20(28-22(23)33)27-19(30-29-18)17-15-10-14(24)11-26-21(15)32(31-17)12-13-6-4-5-7-16(13)25/h4-7,10-11H,3,8-9,12H2,1-2H3,(H,27,28,30,33). The Morgan fingerprint density at radius 2 is 2.03 bits per heavy atom. The SMILES string of the molecule is CCOCCC1(C)C(=O)Nc2nc(-c3nn(Cc4ccccc4F)c4ncc(F)cc34)nnc21. The van der Waals surface area contributed by atoms with Gasteiger partial charge in [0.25, 0.3) is 0 Å². The third-order valence-corrected chi connectivity index (χ3v) is 5.94. The van der Waals surface area contributed by atoms with E-state index in [4.69, 9.17) is 4.74 Å². The van der Waals surface area contributed by atoms with E-state index in [0.29, 0.717) is 41.9 Å². The number of hydrogen-bond acceptors (Lipinski definition) is 7. The first-order valence-corrected chi connectivity index (χ1v) is 10.8. The van der Waals surface area contributed by atoms with Gasteiger partial charge in [-0.25, -0.2) is 23.4 Å². The van der Waals surface area contributed by atoms with Crippen LogP contribution in [0.4, 0.5) is 14.6 Å². The molecule has 3 aromatic heterocycles. The summed E-state index contributed by atoms with van der Waals surface area (Å²) < 4.78 is 35.2. The molecule has 0 bridgehead atoms. The Kier molecular flexibility index (Phi) is 5.48. The molecule has 0 radical (unpaired) electrons. The maximum Gasteiger partial charge on any atom is 0.237 e. The number of ether oxygens (including phenoxy) is 1. The largest absolute Gasteiger partial charge is 0.382 e. The number of fused-ring (bicyclic) bond motifs is 2. The number of anilines is 1. The number of carbonyl (C=O) groups is 1. The molecule has 0 saturated heterocycles. The van der Waals surface area contributed by atoms with E-state index in [-0.39, 0.29) is 35.6 Å². The number of carbonyl (C=O) groups excluding carboxylic acids is 1. The van der Waals surface area contributed by atoms with Crippen LogP contribution >= 0.6 is 0 Å². The molecule has 174 valence electrons. The van der Waals surface area contributed by atoms with Crippen LogP contribution in [0.15, 0.2) is 36.5 Å². The Morgan fingerprint density at radius 1 is 1.21 bits per heavy atom. The second-order valence-corrected chi connectivity index (χ2v) is 8.19. The molecule has 1 N–H and O–H groups in total. The van der Waals surface area contributed by atoms with Gasteiger partial charge in [-0.1, -0.05) is 18.2 Å². The van der Waals surface area contributed by atoms with Crippen molar-refractivity contribution in [3.63, 3.8) is 0 Å². The van der Waals surface area contributed by atoms with Crippen LogP contribution in [0, 0.1) is 11.6 Å². The summed E-state index contributed by atoms with van der Waals surface area (Å²) in [6.45, 7) is 4.65. The molecular weight excluding hydrogens is 444 g/mol. The van der Waals surface area contributed by atoms with E-state index in [1.807, 2.05) is 6.92 Å². The zero-order chi connectivity index (χ0) is 23.9. The van der Waals surface area contributed by atoms with Gasteiger partial charge in [0.2, 0.25) is 11.7 Å². The van der Waals surface area contributed by atoms with Crippen molar-refractivity contribution in [2.24, 2.45) is 0 Å². The fraction of sp³-hybridized carbons (Fsp3) is 0.304. The minimum absolute atomic E-state index is 0.0758. The number of pyridine rings is 1. The monoisotopic (exact) mass is 465 g/mol. The Balaban J connectivity index is 1.57. The minimum Gasteiger partial charge on any atom is -0.382 e. The van der Waals surface area contributed by atoms with Gasteiger partial charge in [-0.05, 0) is 32.4 Å². The van der Waals surface area contributed by atoms with Gasteiger partial charge in [-0.2, -0.15) is 5.10 Å². The molecule has 11 heteroatoms. The van der Waals surface area contributed by atoms with E-state index in [1.165, 1.54) is 16.8 Å². The fourth-order valence-electron chi connectivity index (χ4n) is 3.99. The van der Waals surface area contributed by atoms with Gasteiger partial charge in [-0.15, -0.1) is 10.2 Å². The lowest BCUT2D eigenvalue weighted by atomic mass is 9.85. The molecule has 0 saturated carbocycles. The van der Waals surface area contributed by atoms with Gasteiger partial charge in [-0.3, -0.25) is 4.79 Å². The van der Waals surface area contributed by atoms with Crippen LogP contribution in [0.5, 0.6) is 0 Å². The summed E-state index contributed by atoms with van der Waals surface area (Å²) >= 11 is 0. The number of halogens is 2. The molecular formula is C23H21F2N7O2. The average molecular weight is 465 g/mol. The summed E-state index contributed by atoms with van der Waals surface area (Å²) in [4.78, 5) is 21.3. The minimum atomic E-state index is -0.928. The van der Waals surface area contributed by atoms with E-state index in [9.17, 15) is 13.6 Å². The number of nitrogens with one attached hydrogen (secondary N) is 1. The molecule has 1 aromatic carbocycles. The quantitative estimate of drug-likeness (QED) is 0.418. The molecule has 1 amide bonds. The summed E-state index contributed by atoms with van der Waals surface area (Å²) in [7, 11) is 0. The lowest BCUT2D eigenvalue weighted by Crippen LogP contribution is -2.33. The molecule has 0 spiro atoms. The van der Waals surface area contributed by atoms with Crippen molar-refractivity contribution < 1.29 is 18.3 Å². The first-order chi connectivity index (χ1) is 16.4. The first kappa shape index (κ1) is 22.0. The number of hydrogen-bond donors (Lipinski definition) is 1. The molecule has 5 rings (SSSR count). The molecule has 0 aliphatic carbocycles. The van der Waals surface area contributed by atoms with Crippen LogP contribution in [0.3, 0.4) is 0 Å². The third-order valence-electron chi connectivity index (χ3n) is 5.94. The fourth-order valence-corrected chi connectivity index (χ4v) is 3.99. The molecule has 1 aliphatic heterocycles. The number of amides is 1. The molecule has 34 heavy (non-hydrogen) atoms. The summed E-state index contributed by atoms with van der Waals surface area (Å²) in [6.07, 6.45) is 1.49. The third kappa shape index (κ3) is 3.67. The van der Waals surface area contributed by atoms with Crippen LogP contribution in [0.25, 0.3) is 22.6 Å². The lowest BCUT2D eigenvalue weighted by molar-refractivity contribution is -0.121. The van der Waals surface area contributed by atoms with Crippen LogP contribution in [0.2, 0.25) is 0 Å². The zero-order valence-electron chi connectivity index (χ0n) is 18.5. The predicted molar refractivity (Wildman–Crippen MR) is 119 cm³/mol. The maximum atomic E-state index is 14.2.